The van der Waals surface area contributed by atoms with Crippen LogP contribution in [0.3, 0.4) is 0 Å². The van der Waals surface area contributed by atoms with Crippen LogP contribution in [0.4, 0.5) is 4.79 Å². The summed E-state index contributed by atoms with van der Waals surface area (Å²) in [5.41, 5.74) is 3.56. The number of carbonyl (C=O) groups excluding carboxylic acids is 2. The molecule has 1 saturated carbocycles. The van der Waals surface area contributed by atoms with Crippen molar-refractivity contribution in [1.82, 2.24) is 10.2 Å². The van der Waals surface area contributed by atoms with Gasteiger partial charge in [-0.25, -0.2) is 9.59 Å². The molecule has 2 aliphatic carbocycles. The number of fused-ring (bicyclic) bond motifs is 3. The van der Waals surface area contributed by atoms with E-state index in [1.54, 1.807) is 6.92 Å². The van der Waals surface area contributed by atoms with Crippen LogP contribution in [0.5, 0.6) is 0 Å². The minimum Gasteiger partial charge on any atom is -0.480 e. The Kier molecular flexibility index (Phi) is 6.26. The second-order valence-electron chi connectivity index (χ2n) is 10.2. The van der Waals surface area contributed by atoms with Gasteiger partial charge in [0.15, 0.2) is 0 Å². The molecule has 0 radical (unpaired) electrons. The fraction of sp³-hybridized carbons (Fsp3) is 0.464. The molecule has 2 N–H and O–H groups in total. The highest BCUT2D eigenvalue weighted by Crippen LogP contribution is 2.44. The number of benzene rings is 2. The van der Waals surface area contributed by atoms with E-state index in [1.165, 1.54) is 16.0 Å². The number of carbonyl (C=O) groups is 3. The number of alkyl carbamates (subject to hydrolysis) is 1. The Morgan fingerprint density at radius 3 is 2.34 bits per heavy atom. The molecule has 0 spiro atoms. The Labute approximate surface area is 205 Å². The van der Waals surface area contributed by atoms with E-state index >= 15 is 0 Å². The van der Waals surface area contributed by atoms with Crippen molar-refractivity contribution in [2.45, 2.75) is 62.9 Å². The first-order valence-electron chi connectivity index (χ1n) is 12.5. The molecule has 2 fully saturated rings. The van der Waals surface area contributed by atoms with Crippen LogP contribution in [0.15, 0.2) is 48.5 Å². The monoisotopic (exact) mass is 476 g/mol. The molecule has 0 aromatic heterocycles. The molecule has 0 bridgehead atoms. The Hall–Kier alpha value is -3.35. The highest BCUT2D eigenvalue weighted by molar-refractivity contribution is 5.87. The van der Waals surface area contributed by atoms with Crippen molar-refractivity contribution in [3.63, 3.8) is 0 Å². The minimum absolute atomic E-state index is 0.00188. The first-order chi connectivity index (χ1) is 16.9. The summed E-state index contributed by atoms with van der Waals surface area (Å²) in [4.78, 5) is 39.0. The summed E-state index contributed by atoms with van der Waals surface area (Å²) in [5.74, 6) is -1.11. The number of likely N-dealkylation sites (tertiary alicyclic amines) is 1. The smallest absolute Gasteiger partial charge is 0.407 e. The first-order valence-corrected chi connectivity index (χ1v) is 12.5. The zero-order valence-corrected chi connectivity index (χ0v) is 20.0. The van der Waals surface area contributed by atoms with Gasteiger partial charge in [0, 0.05) is 24.9 Å². The normalized spacial score (nSPS) is 25.2. The van der Waals surface area contributed by atoms with Gasteiger partial charge in [-0.15, -0.1) is 0 Å². The molecular weight excluding hydrogens is 444 g/mol. The highest BCUT2D eigenvalue weighted by Gasteiger charge is 2.46. The predicted molar refractivity (Wildman–Crippen MR) is 131 cm³/mol. The van der Waals surface area contributed by atoms with Crippen LogP contribution < -0.4 is 5.32 Å². The molecule has 2 amide bonds. The van der Waals surface area contributed by atoms with Crippen molar-refractivity contribution in [2.24, 2.45) is 5.92 Å². The zero-order chi connectivity index (χ0) is 24.6. The number of aliphatic carboxylic acids is 1. The molecule has 5 rings (SSSR count). The van der Waals surface area contributed by atoms with Crippen molar-refractivity contribution < 1.29 is 24.2 Å². The summed E-state index contributed by atoms with van der Waals surface area (Å²) in [6.45, 7) is 2.35. The number of ether oxygens (including phenoxy) is 1. The number of amides is 2. The lowest BCUT2D eigenvalue weighted by Crippen LogP contribution is -2.51. The van der Waals surface area contributed by atoms with Gasteiger partial charge in [-0.3, -0.25) is 4.79 Å². The SMILES string of the molecule is CC1(C(=O)O)CCCN1C(=O)C[C@@H]1CCC[C@H]1NC(=O)OCC1c2ccccc2-c2ccccc21. The molecule has 2 aromatic rings. The number of rotatable bonds is 6. The third-order valence-corrected chi connectivity index (χ3v) is 8.15. The van der Waals surface area contributed by atoms with Gasteiger partial charge in [0.2, 0.25) is 5.91 Å². The molecule has 3 aliphatic rings. The highest BCUT2D eigenvalue weighted by atomic mass is 16.5. The topological polar surface area (TPSA) is 95.9 Å². The Morgan fingerprint density at radius 2 is 1.69 bits per heavy atom. The van der Waals surface area contributed by atoms with E-state index in [-0.39, 0.29) is 36.8 Å². The van der Waals surface area contributed by atoms with Gasteiger partial charge in [-0.1, -0.05) is 55.0 Å². The summed E-state index contributed by atoms with van der Waals surface area (Å²) in [6, 6.07) is 16.3. The molecule has 3 atom stereocenters. The molecule has 7 heteroatoms. The molecule has 1 aliphatic heterocycles. The minimum atomic E-state index is -1.13. The van der Waals surface area contributed by atoms with Gasteiger partial charge >= 0.3 is 12.1 Å². The third-order valence-electron chi connectivity index (χ3n) is 8.15. The van der Waals surface area contributed by atoms with Crippen molar-refractivity contribution in [3.8, 4) is 11.1 Å². The summed E-state index contributed by atoms with van der Waals surface area (Å²) < 4.78 is 5.70. The number of carboxylic acids is 1. The molecule has 1 unspecified atom stereocenters. The number of nitrogens with zero attached hydrogens (tertiary/aromatic N) is 1. The lowest BCUT2D eigenvalue weighted by molar-refractivity contribution is -0.155. The molecule has 35 heavy (non-hydrogen) atoms. The van der Waals surface area contributed by atoms with Gasteiger partial charge in [0.25, 0.3) is 0 Å². The summed E-state index contributed by atoms with van der Waals surface area (Å²) in [5, 5.41) is 12.6. The van der Waals surface area contributed by atoms with E-state index < -0.39 is 17.6 Å². The quantitative estimate of drug-likeness (QED) is 0.638. The lowest BCUT2D eigenvalue weighted by Gasteiger charge is -2.32. The number of hydrogen-bond acceptors (Lipinski definition) is 4. The van der Waals surface area contributed by atoms with Gasteiger partial charge < -0.3 is 20.1 Å². The van der Waals surface area contributed by atoms with Crippen LogP contribution in [-0.2, 0) is 14.3 Å². The maximum Gasteiger partial charge on any atom is 0.407 e. The Balaban J connectivity index is 1.19. The summed E-state index contributed by atoms with van der Waals surface area (Å²) >= 11 is 0. The van der Waals surface area contributed by atoms with Crippen molar-refractivity contribution in [2.75, 3.05) is 13.2 Å². The fourth-order valence-electron chi connectivity index (χ4n) is 6.18. The van der Waals surface area contributed by atoms with Crippen molar-refractivity contribution in [1.29, 1.82) is 0 Å². The van der Waals surface area contributed by atoms with Crippen molar-refractivity contribution >= 4 is 18.0 Å². The largest absolute Gasteiger partial charge is 0.480 e. The van der Waals surface area contributed by atoms with Crippen LogP contribution in [-0.4, -0.2) is 52.7 Å². The number of carboxylic acid groups (broad SMARTS) is 1. The van der Waals surface area contributed by atoms with E-state index in [0.29, 0.717) is 19.4 Å². The van der Waals surface area contributed by atoms with E-state index in [4.69, 9.17) is 4.74 Å². The number of nitrogens with one attached hydrogen (secondary N) is 1. The van der Waals surface area contributed by atoms with Crippen molar-refractivity contribution in [3.05, 3.63) is 59.7 Å². The molecular formula is C28H32N2O5. The molecule has 2 aromatic carbocycles. The summed E-state index contributed by atoms with van der Waals surface area (Å²) in [6.07, 6.45) is 3.49. The lowest BCUT2D eigenvalue weighted by atomic mass is 9.95. The predicted octanol–water partition coefficient (Wildman–Crippen LogP) is 4.55. The van der Waals surface area contributed by atoms with Crippen LogP contribution in [0, 0.1) is 5.92 Å². The average molecular weight is 477 g/mol. The summed E-state index contributed by atoms with van der Waals surface area (Å²) in [7, 11) is 0. The van der Waals surface area contributed by atoms with Gasteiger partial charge in [-0.2, -0.15) is 0 Å². The molecule has 184 valence electrons. The van der Waals surface area contributed by atoms with Crippen LogP contribution in [0.2, 0.25) is 0 Å². The van der Waals surface area contributed by atoms with Gasteiger partial charge in [0.05, 0.1) is 0 Å². The van der Waals surface area contributed by atoms with E-state index in [2.05, 4.69) is 29.6 Å². The van der Waals surface area contributed by atoms with Gasteiger partial charge in [0.1, 0.15) is 12.1 Å². The van der Waals surface area contributed by atoms with Crippen LogP contribution in [0.1, 0.15) is 62.5 Å². The van der Waals surface area contributed by atoms with E-state index in [1.807, 2.05) is 24.3 Å². The molecule has 1 saturated heterocycles. The number of hydrogen-bond donors (Lipinski definition) is 2. The fourth-order valence-corrected chi connectivity index (χ4v) is 6.18. The van der Waals surface area contributed by atoms with Crippen LogP contribution >= 0.6 is 0 Å². The maximum atomic E-state index is 13.0. The van der Waals surface area contributed by atoms with E-state index in [0.717, 1.165) is 30.4 Å². The second kappa shape index (κ2) is 9.36. The third kappa shape index (κ3) is 4.28. The Bertz CT molecular complexity index is 1100. The standard InChI is InChI=1S/C28H32N2O5/c1-28(26(32)33)14-7-15-30(28)25(31)16-18-8-6-13-24(18)29-27(34)35-17-23-21-11-4-2-9-19(21)20-10-3-5-12-22(20)23/h2-5,9-12,18,23-24H,6-8,13-17H2,1H3,(H,29,34)(H,32,33)/t18-,24+,28?/m0/s1. The molecule has 7 nitrogen and oxygen atoms in total. The van der Waals surface area contributed by atoms with E-state index in [9.17, 15) is 19.5 Å². The zero-order valence-electron chi connectivity index (χ0n) is 20.0. The maximum absolute atomic E-state index is 13.0. The average Bonchev–Trinajstić information content (AvgIpc) is 3.54. The first kappa shape index (κ1) is 23.4. The second-order valence-corrected chi connectivity index (χ2v) is 10.2. The Morgan fingerprint density at radius 1 is 1.03 bits per heavy atom. The van der Waals surface area contributed by atoms with Crippen LogP contribution in [0.25, 0.3) is 11.1 Å². The molecule has 1 heterocycles. The van der Waals surface area contributed by atoms with Gasteiger partial charge in [-0.05, 0) is 60.8 Å².